The first-order chi connectivity index (χ1) is 9.70. The number of carboxylic acid groups (broad SMARTS) is 1. The lowest BCUT2D eigenvalue weighted by atomic mass is 9.76. The SMILES string of the molecule is O=C(O)C1(CCc2ccsc2)COc2ccccc2C1. The molecule has 2 aromatic rings. The van der Waals surface area contributed by atoms with Gasteiger partial charge in [0.2, 0.25) is 0 Å². The summed E-state index contributed by atoms with van der Waals surface area (Å²) in [6.07, 6.45) is 1.93. The summed E-state index contributed by atoms with van der Waals surface area (Å²) >= 11 is 1.64. The Labute approximate surface area is 121 Å². The van der Waals surface area contributed by atoms with E-state index in [1.807, 2.05) is 29.6 Å². The Kier molecular flexibility index (Phi) is 3.49. The van der Waals surface area contributed by atoms with E-state index < -0.39 is 11.4 Å². The third kappa shape index (κ3) is 2.43. The van der Waals surface area contributed by atoms with Crippen LogP contribution in [0.4, 0.5) is 0 Å². The molecule has 1 aliphatic heterocycles. The van der Waals surface area contributed by atoms with Crippen molar-refractivity contribution in [2.45, 2.75) is 19.3 Å². The molecular formula is C16H16O3S. The summed E-state index contributed by atoms with van der Waals surface area (Å²) in [6.45, 7) is 0.253. The second kappa shape index (κ2) is 5.29. The van der Waals surface area contributed by atoms with Gasteiger partial charge in [-0.2, -0.15) is 11.3 Å². The summed E-state index contributed by atoms with van der Waals surface area (Å²) in [7, 11) is 0. The van der Waals surface area contributed by atoms with Crippen LogP contribution in [0.2, 0.25) is 0 Å². The normalized spacial score (nSPS) is 21.0. The van der Waals surface area contributed by atoms with E-state index in [2.05, 4.69) is 11.4 Å². The predicted molar refractivity (Wildman–Crippen MR) is 78.3 cm³/mol. The molecule has 0 fully saturated rings. The van der Waals surface area contributed by atoms with Gasteiger partial charge in [0.05, 0.1) is 0 Å². The number of carboxylic acids is 1. The molecule has 1 atom stereocenters. The fourth-order valence-electron chi connectivity index (χ4n) is 2.65. The number of rotatable bonds is 4. The number of ether oxygens (including phenoxy) is 1. The highest BCUT2D eigenvalue weighted by Gasteiger charge is 2.42. The van der Waals surface area contributed by atoms with Crippen molar-refractivity contribution in [2.24, 2.45) is 5.41 Å². The second-order valence-electron chi connectivity index (χ2n) is 5.29. The van der Waals surface area contributed by atoms with Gasteiger partial charge in [0, 0.05) is 0 Å². The van der Waals surface area contributed by atoms with Gasteiger partial charge < -0.3 is 9.84 Å². The van der Waals surface area contributed by atoms with Crippen molar-refractivity contribution in [3.63, 3.8) is 0 Å². The third-order valence-electron chi connectivity index (χ3n) is 3.93. The number of hydrogen-bond acceptors (Lipinski definition) is 3. The summed E-state index contributed by atoms with van der Waals surface area (Å²) in [5.41, 5.74) is 1.39. The molecule has 1 aliphatic rings. The number of fused-ring (bicyclic) bond motifs is 1. The molecule has 0 aliphatic carbocycles. The smallest absolute Gasteiger partial charge is 0.313 e. The van der Waals surface area contributed by atoms with Gasteiger partial charge in [0.15, 0.2) is 0 Å². The largest absolute Gasteiger partial charge is 0.492 e. The van der Waals surface area contributed by atoms with E-state index >= 15 is 0 Å². The molecule has 0 bridgehead atoms. The Hall–Kier alpha value is -1.81. The van der Waals surface area contributed by atoms with Crippen molar-refractivity contribution in [3.8, 4) is 5.75 Å². The number of carbonyl (C=O) groups is 1. The van der Waals surface area contributed by atoms with Crippen molar-refractivity contribution in [3.05, 3.63) is 52.2 Å². The molecule has 0 radical (unpaired) electrons. The standard InChI is InChI=1S/C16H16O3S/c17-15(18)16(7-5-12-6-8-20-10-12)9-13-3-1-2-4-14(13)19-11-16/h1-4,6,8,10H,5,7,9,11H2,(H,17,18). The topological polar surface area (TPSA) is 46.5 Å². The lowest BCUT2D eigenvalue weighted by molar-refractivity contribution is -0.152. The molecule has 1 N–H and O–H groups in total. The Morgan fingerprint density at radius 2 is 2.20 bits per heavy atom. The van der Waals surface area contributed by atoms with Crippen LogP contribution in [-0.4, -0.2) is 17.7 Å². The minimum absolute atomic E-state index is 0.253. The summed E-state index contributed by atoms with van der Waals surface area (Å²) in [5, 5.41) is 13.8. The first kappa shape index (κ1) is 13.2. The summed E-state index contributed by atoms with van der Waals surface area (Å²) in [5.74, 6) is 0.0575. The summed E-state index contributed by atoms with van der Waals surface area (Å²) in [6, 6.07) is 9.76. The average Bonchev–Trinajstić information content (AvgIpc) is 2.98. The maximum absolute atomic E-state index is 11.8. The molecule has 0 saturated carbocycles. The quantitative estimate of drug-likeness (QED) is 0.938. The van der Waals surface area contributed by atoms with Crippen LogP contribution in [0.15, 0.2) is 41.1 Å². The van der Waals surface area contributed by atoms with Gasteiger partial charge in [0.25, 0.3) is 0 Å². The van der Waals surface area contributed by atoms with Crippen molar-refractivity contribution in [1.82, 2.24) is 0 Å². The molecule has 3 rings (SSSR count). The maximum Gasteiger partial charge on any atom is 0.313 e. The van der Waals surface area contributed by atoms with Gasteiger partial charge in [0.1, 0.15) is 17.8 Å². The molecule has 1 aromatic heterocycles. The van der Waals surface area contributed by atoms with Crippen molar-refractivity contribution >= 4 is 17.3 Å². The van der Waals surface area contributed by atoms with Crippen LogP contribution in [0.3, 0.4) is 0 Å². The third-order valence-corrected chi connectivity index (χ3v) is 4.66. The molecule has 104 valence electrons. The van der Waals surface area contributed by atoms with Gasteiger partial charge in [-0.15, -0.1) is 0 Å². The van der Waals surface area contributed by atoms with Gasteiger partial charge >= 0.3 is 5.97 Å². The van der Waals surface area contributed by atoms with Crippen molar-refractivity contribution in [1.29, 1.82) is 0 Å². The lowest BCUT2D eigenvalue weighted by Gasteiger charge is -2.34. The molecule has 20 heavy (non-hydrogen) atoms. The molecule has 0 saturated heterocycles. The Morgan fingerprint density at radius 3 is 2.95 bits per heavy atom. The zero-order chi connectivity index (χ0) is 14.0. The van der Waals surface area contributed by atoms with Gasteiger partial charge in [-0.25, -0.2) is 0 Å². The number of hydrogen-bond donors (Lipinski definition) is 1. The lowest BCUT2D eigenvalue weighted by Crippen LogP contribution is -2.42. The zero-order valence-electron chi connectivity index (χ0n) is 11.0. The number of benzene rings is 1. The monoisotopic (exact) mass is 288 g/mol. The zero-order valence-corrected chi connectivity index (χ0v) is 11.9. The van der Waals surface area contributed by atoms with Crippen LogP contribution in [-0.2, 0) is 17.6 Å². The fraction of sp³-hybridized carbons (Fsp3) is 0.312. The molecular weight excluding hydrogens is 272 g/mol. The van der Waals surface area contributed by atoms with Crippen LogP contribution in [0, 0.1) is 5.41 Å². The number of para-hydroxylation sites is 1. The Bertz CT molecular complexity index is 606. The molecule has 3 nitrogen and oxygen atoms in total. The van der Waals surface area contributed by atoms with Crippen molar-refractivity contribution < 1.29 is 14.6 Å². The van der Waals surface area contributed by atoms with Crippen LogP contribution in [0.25, 0.3) is 0 Å². The van der Waals surface area contributed by atoms with E-state index in [-0.39, 0.29) is 6.61 Å². The highest BCUT2D eigenvalue weighted by atomic mass is 32.1. The number of aliphatic carboxylic acids is 1. The van der Waals surface area contributed by atoms with E-state index in [1.54, 1.807) is 11.3 Å². The van der Waals surface area contributed by atoms with E-state index in [4.69, 9.17) is 4.74 Å². The highest BCUT2D eigenvalue weighted by molar-refractivity contribution is 7.07. The molecule has 1 unspecified atom stereocenters. The van der Waals surface area contributed by atoms with Crippen LogP contribution in [0.5, 0.6) is 5.75 Å². The van der Waals surface area contributed by atoms with E-state index in [1.165, 1.54) is 5.56 Å². The minimum Gasteiger partial charge on any atom is -0.492 e. The van der Waals surface area contributed by atoms with Crippen LogP contribution < -0.4 is 4.74 Å². The first-order valence-corrected chi connectivity index (χ1v) is 7.59. The number of thiophene rings is 1. The van der Waals surface area contributed by atoms with Gasteiger partial charge in [-0.05, 0) is 53.3 Å². The van der Waals surface area contributed by atoms with Gasteiger partial charge in [-0.1, -0.05) is 18.2 Å². The van der Waals surface area contributed by atoms with Gasteiger partial charge in [-0.3, -0.25) is 4.79 Å². The van der Waals surface area contributed by atoms with E-state index in [0.717, 1.165) is 17.7 Å². The molecule has 0 amide bonds. The minimum atomic E-state index is -0.809. The van der Waals surface area contributed by atoms with Crippen LogP contribution in [0.1, 0.15) is 17.5 Å². The van der Waals surface area contributed by atoms with Crippen LogP contribution >= 0.6 is 11.3 Å². The summed E-state index contributed by atoms with van der Waals surface area (Å²) in [4.78, 5) is 11.8. The average molecular weight is 288 g/mol. The molecule has 1 aromatic carbocycles. The second-order valence-corrected chi connectivity index (χ2v) is 6.07. The fourth-order valence-corrected chi connectivity index (χ4v) is 3.35. The van der Waals surface area contributed by atoms with E-state index in [9.17, 15) is 9.90 Å². The number of aryl methyl sites for hydroxylation is 1. The molecule has 0 spiro atoms. The summed E-state index contributed by atoms with van der Waals surface area (Å²) < 4.78 is 5.69. The maximum atomic E-state index is 11.8. The Balaban J connectivity index is 1.81. The predicted octanol–water partition coefficient (Wildman–Crippen LogP) is 3.39. The van der Waals surface area contributed by atoms with E-state index in [0.29, 0.717) is 12.8 Å². The molecule has 4 heteroatoms. The first-order valence-electron chi connectivity index (χ1n) is 6.65. The molecule has 2 heterocycles. The highest BCUT2D eigenvalue weighted by Crippen LogP contribution is 2.38. The Morgan fingerprint density at radius 1 is 1.35 bits per heavy atom. The van der Waals surface area contributed by atoms with Crippen molar-refractivity contribution in [2.75, 3.05) is 6.61 Å².